The van der Waals surface area contributed by atoms with Crippen molar-refractivity contribution in [2.45, 2.75) is 37.6 Å². The lowest BCUT2D eigenvalue weighted by Gasteiger charge is -2.26. The molecule has 1 heterocycles. The van der Waals surface area contributed by atoms with Crippen molar-refractivity contribution in [1.29, 1.82) is 0 Å². The fourth-order valence-corrected chi connectivity index (χ4v) is 4.21. The molecule has 1 amide bonds. The maximum atomic E-state index is 13.2. The highest BCUT2D eigenvalue weighted by molar-refractivity contribution is 5.78. The van der Waals surface area contributed by atoms with Crippen molar-refractivity contribution in [3.63, 3.8) is 0 Å². The monoisotopic (exact) mass is 394 g/mol. The molecule has 154 valence electrons. The van der Waals surface area contributed by atoms with Gasteiger partial charge in [-0.3, -0.25) is 14.5 Å². The molecule has 1 saturated heterocycles. The first-order valence-electron chi connectivity index (χ1n) is 10.3. The average molecular weight is 395 g/mol. The molecular weight excluding hydrogens is 364 g/mol. The van der Waals surface area contributed by atoms with E-state index < -0.39 is 5.97 Å². The zero-order valence-corrected chi connectivity index (χ0v) is 17.0. The highest BCUT2D eigenvalue weighted by Crippen LogP contribution is 2.29. The molecule has 5 heteroatoms. The van der Waals surface area contributed by atoms with Crippen LogP contribution in [0.15, 0.2) is 60.7 Å². The average Bonchev–Trinajstić information content (AvgIpc) is 2.99. The van der Waals surface area contributed by atoms with Gasteiger partial charge in [-0.05, 0) is 37.4 Å². The van der Waals surface area contributed by atoms with Crippen LogP contribution >= 0.6 is 0 Å². The van der Waals surface area contributed by atoms with Gasteiger partial charge in [0.1, 0.15) is 0 Å². The number of likely N-dealkylation sites (N-methyl/N-ethyl adjacent to an activating group) is 1. The molecule has 1 atom stereocenters. The number of carboxylic acid groups (broad SMARTS) is 1. The third-order valence-electron chi connectivity index (χ3n) is 5.84. The Morgan fingerprint density at radius 1 is 1.00 bits per heavy atom. The van der Waals surface area contributed by atoms with Crippen LogP contribution in [0.2, 0.25) is 0 Å². The fraction of sp³-hybridized carbons (Fsp3) is 0.417. The van der Waals surface area contributed by atoms with Crippen molar-refractivity contribution in [1.82, 2.24) is 9.80 Å². The van der Waals surface area contributed by atoms with Crippen molar-refractivity contribution >= 4 is 11.9 Å². The van der Waals surface area contributed by atoms with Gasteiger partial charge in [-0.25, -0.2) is 0 Å². The Morgan fingerprint density at radius 2 is 1.59 bits per heavy atom. The molecule has 0 aromatic heterocycles. The molecular formula is C24H30N2O3. The SMILES string of the molecule is CN(CC(=O)O)[C@H]1CCCN(C(=O)CC(c2ccccc2)c2ccccc2)CC1. The Labute approximate surface area is 172 Å². The summed E-state index contributed by atoms with van der Waals surface area (Å²) in [5, 5.41) is 9.03. The van der Waals surface area contributed by atoms with E-state index in [0.717, 1.165) is 36.9 Å². The second-order valence-corrected chi connectivity index (χ2v) is 7.85. The number of hydrogen-bond donors (Lipinski definition) is 1. The standard InChI is InChI=1S/C24H30N2O3/c1-25(18-24(28)29)21-13-8-15-26(16-14-21)23(27)17-22(19-9-4-2-5-10-19)20-11-6-3-7-12-20/h2-7,9-12,21-22H,8,13-18H2,1H3,(H,28,29)/t21-/m0/s1. The number of amides is 1. The Kier molecular flexibility index (Phi) is 7.42. The molecule has 5 nitrogen and oxygen atoms in total. The van der Waals surface area contributed by atoms with E-state index in [1.54, 1.807) is 0 Å². The van der Waals surface area contributed by atoms with Crippen LogP contribution in [0.4, 0.5) is 0 Å². The molecule has 1 aliphatic rings. The molecule has 1 aliphatic heterocycles. The molecule has 0 spiro atoms. The number of hydrogen-bond acceptors (Lipinski definition) is 3. The Morgan fingerprint density at radius 3 is 2.14 bits per heavy atom. The summed E-state index contributed by atoms with van der Waals surface area (Å²) in [7, 11) is 1.86. The van der Waals surface area contributed by atoms with Gasteiger partial charge in [-0.1, -0.05) is 60.7 Å². The van der Waals surface area contributed by atoms with Gasteiger partial charge in [0.2, 0.25) is 5.91 Å². The highest BCUT2D eigenvalue weighted by atomic mass is 16.4. The maximum Gasteiger partial charge on any atom is 0.317 e. The first kappa shape index (κ1) is 21.1. The summed E-state index contributed by atoms with van der Waals surface area (Å²) in [4.78, 5) is 28.0. The van der Waals surface area contributed by atoms with Crippen molar-refractivity contribution < 1.29 is 14.7 Å². The molecule has 0 radical (unpaired) electrons. The molecule has 0 unspecified atom stereocenters. The summed E-state index contributed by atoms with van der Waals surface area (Å²) in [6.07, 6.45) is 3.09. The highest BCUT2D eigenvalue weighted by Gasteiger charge is 2.26. The van der Waals surface area contributed by atoms with Crippen molar-refractivity contribution in [3.05, 3.63) is 71.8 Å². The fourth-order valence-electron chi connectivity index (χ4n) is 4.21. The van der Waals surface area contributed by atoms with Gasteiger partial charge in [0, 0.05) is 31.5 Å². The Balaban J connectivity index is 1.68. The van der Waals surface area contributed by atoms with Crippen LogP contribution in [-0.2, 0) is 9.59 Å². The number of carboxylic acids is 1. The minimum atomic E-state index is -0.807. The largest absolute Gasteiger partial charge is 0.480 e. The summed E-state index contributed by atoms with van der Waals surface area (Å²) >= 11 is 0. The van der Waals surface area contributed by atoms with Crippen LogP contribution in [0.5, 0.6) is 0 Å². The zero-order valence-electron chi connectivity index (χ0n) is 17.0. The van der Waals surface area contributed by atoms with E-state index in [2.05, 4.69) is 24.3 Å². The summed E-state index contributed by atoms with van der Waals surface area (Å²) in [6, 6.07) is 20.6. The van der Waals surface area contributed by atoms with Gasteiger partial charge >= 0.3 is 5.97 Å². The summed E-state index contributed by atoms with van der Waals surface area (Å²) in [5.74, 6) is -0.596. The minimum absolute atomic E-state index is 0.0404. The molecule has 2 aromatic carbocycles. The lowest BCUT2D eigenvalue weighted by molar-refractivity contribution is -0.138. The van der Waals surface area contributed by atoms with Gasteiger partial charge in [-0.2, -0.15) is 0 Å². The van der Waals surface area contributed by atoms with Crippen LogP contribution in [0.3, 0.4) is 0 Å². The lowest BCUT2D eigenvalue weighted by Crippen LogP contribution is -2.37. The first-order chi connectivity index (χ1) is 14.0. The molecule has 1 fully saturated rings. The number of benzene rings is 2. The van der Waals surface area contributed by atoms with E-state index >= 15 is 0 Å². The topological polar surface area (TPSA) is 60.9 Å². The maximum absolute atomic E-state index is 13.2. The molecule has 0 saturated carbocycles. The quantitative estimate of drug-likeness (QED) is 0.779. The van der Waals surface area contributed by atoms with Crippen molar-refractivity contribution in [2.75, 3.05) is 26.7 Å². The van der Waals surface area contributed by atoms with E-state index in [1.807, 2.05) is 53.2 Å². The zero-order chi connectivity index (χ0) is 20.6. The second kappa shape index (κ2) is 10.2. The third-order valence-corrected chi connectivity index (χ3v) is 5.84. The van der Waals surface area contributed by atoms with E-state index in [0.29, 0.717) is 13.0 Å². The molecule has 3 rings (SSSR count). The van der Waals surface area contributed by atoms with Gasteiger partial charge in [0.15, 0.2) is 0 Å². The number of carbonyl (C=O) groups is 2. The van der Waals surface area contributed by atoms with Crippen molar-refractivity contribution in [2.24, 2.45) is 0 Å². The molecule has 29 heavy (non-hydrogen) atoms. The van der Waals surface area contributed by atoms with E-state index in [4.69, 9.17) is 5.11 Å². The predicted octanol–water partition coefficient (Wildman–Crippen LogP) is 3.61. The van der Waals surface area contributed by atoms with Crippen LogP contribution < -0.4 is 0 Å². The second-order valence-electron chi connectivity index (χ2n) is 7.85. The van der Waals surface area contributed by atoms with Crippen molar-refractivity contribution in [3.8, 4) is 0 Å². The summed E-state index contributed by atoms with van der Waals surface area (Å²) in [5.41, 5.74) is 2.31. The predicted molar refractivity (Wildman–Crippen MR) is 114 cm³/mol. The Bertz CT molecular complexity index is 755. The summed E-state index contributed by atoms with van der Waals surface area (Å²) in [6.45, 7) is 1.47. The number of rotatable bonds is 7. The number of likely N-dealkylation sites (tertiary alicyclic amines) is 1. The lowest BCUT2D eigenvalue weighted by atomic mass is 9.88. The first-order valence-corrected chi connectivity index (χ1v) is 10.3. The van der Waals surface area contributed by atoms with Gasteiger partial charge in [0.25, 0.3) is 0 Å². The Hall–Kier alpha value is -2.66. The smallest absolute Gasteiger partial charge is 0.317 e. The number of aliphatic carboxylic acids is 1. The third kappa shape index (κ3) is 5.91. The molecule has 0 bridgehead atoms. The van der Waals surface area contributed by atoms with Crippen LogP contribution in [-0.4, -0.2) is 59.5 Å². The number of nitrogens with zero attached hydrogens (tertiary/aromatic N) is 2. The van der Waals surface area contributed by atoms with Gasteiger partial charge < -0.3 is 10.0 Å². The van der Waals surface area contributed by atoms with E-state index in [-0.39, 0.29) is 24.4 Å². The van der Waals surface area contributed by atoms with E-state index in [1.165, 1.54) is 0 Å². The van der Waals surface area contributed by atoms with E-state index in [9.17, 15) is 9.59 Å². The van der Waals surface area contributed by atoms with Crippen LogP contribution in [0, 0.1) is 0 Å². The minimum Gasteiger partial charge on any atom is -0.480 e. The number of carbonyl (C=O) groups excluding carboxylic acids is 1. The summed E-state index contributed by atoms with van der Waals surface area (Å²) < 4.78 is 0. The molecule has 1 N–H and O–H groups in total. The van der Waals surface area contributed by atoms with Crippen LogP contribution in [0.1, 0.15) is 42.7 Å². The van der Waals surface area contributed by atoms with Gasteiger partial charge in [-0.15, -0.1) is 0 Å². The molecule has 0 aliphatic carbocycles. The normalized spacial score (nSPS) is 17.3. The van der Waals surface area contributed by atoms with Gasteiger partial charge in [0.05, 0.1) is 6.54 Å². The molecule has 2 aromatic rings. The van der Waals surface area contributed by atoms with Crippen LogP contribution in [0.25, 0.3) is 0 Å².